The van der Waals surface area contributed by atoms with E-state index in [2.05, 4.69) is 37.2 Å². The summed E-state index contributed by atoms with van der Waals surface area (Å²) in [4.78, 5) is 25.0. The number of anilines is 2. The van der Waals surface area contributed by atoms with E-state index in [4.69, 9.17) is 0 Å². The molecule has 0 aliphatic carbocycles. The van der Waals surface area contributed by atoms with Gasteiger partial charge in [0.05, 0.1) is 0 Å². The van der Waals surface area contributed by atoms with E-state index in [9.17, 15) is 4.79 Å². The van der Waals surface area contributed by atoms with Crippen LogP contribution in [-0.2, 0) is 11.3 Å². The third-order valence-electron chi connectivity index (χ3n) is 5.32. The zero-order valence-electron chi connectivity index (χ0n) is 15.1. The van der Waals surface area contributed by atoms with Gasteiger partial charge in [-0.05, 0) is 42.5 Å². The van der Waals surface area contributed by atoms with Gasteiger partial charge < -0.3 is 10.2 Å². The first-order chi connectivity index (χ1) is 12.7. The van der Waals surface area contributed by atoms with Gasteiger partial charge in [0.25, 0.3) is 0 Å². The van der Waals surface area contributed by atoms with E-state index in [0.29, 0.717) is 12.0 Å². The van der Waals surface area contributed by atoms with Gasteiger partial charge in [0, 0.05) is 57.2 Å². The van der Waals surface area contributed by atoms with Crippen molar-refractivity contribution in [3.05, 3.63) is 48.3 Å². The molecule has 3 aliphatic heterocycles. The minimum Gasteiger partial charge on any atom is -0.339 e. The highest BCUT2D eigenvalue weighted by Gasteiger charge is 2.35. The summed E-state index contributed by atoms with van der Waals surface area (Å²) in [7, 11) is 0. The topological polar surface area (TPSA) is 61.4 Å². The number of aromatic nitrogens is 2. The number of piperidine rings is 1. The molecule has 3 fully saturated rings. The van der Waals surface area contributed by atoms with Crippen molar-refractivity contribution in [3.8, 4) is 0 Å². The lowest BCUT2D eigenvalue weighted by Gasteiger charge is -2.36. The average Bonchev–Trinajstić information content (AvgIpc) is 2.96. The van der Waals surface area contributed by atoms with Crippen molar-refractivity contribution in [1.82, 2.24) is 14.9 Å². The lowest BCUT2D eigenvalue weighted by Crippen LogP contribution is -2.43. The first-order valence-corrected chi connectivity index (χ1v) is 9.30. The maximum atomic E-state index is 11.2. The molecule has 2 bridgehead atoms. The highest BCUT2D eigenvalue weighted by molar-refractivity contribution is 5.88. The highest BCUT2D eigenvalue weighted by Crippen LogP contribution is 2.30. The van der Waals surface area contributed by atoms with Gasteiger partial charge in [-0.25, -0.2) is 9.97 Å². The molecule has 3 saturated heterocycles. The quantitative estimate of drug-likeness (QED) is 0.917. The van der Waals surface area contributed by atoms with E-state index >= 15 is 0 Å². The molecule has 4 heterocycles. The van der Waals surface area contributed by atoms with Crippen LogP contribution in [0.5, 0.6) is 0 Å². The van der Waals surface area contributed by atoms with Crippen molar-refractivity contribution < 1.29 is 4.79 Å². The molecular formula is C20H25N5O. The van der Waals surface area contributed by atoms with Crippen molar-refractivity contribution >= 4 is 17.5 Å². The molecule has 0 saturated carbocycles. The summed E-state index contributed by atoms with van der Waals surface area (Å²) in [6.45, 7) is 5.64. The Morgan fingerprint density at radius 3 is 2.62 bits per heavy atom. The fourth-order valence-corrected chi connectivity index (χ4v) is 4.12. The summed E-state index contributed by atoms with van der Waals surface area (Å²) < 4.78 is 0. The number of nitrogens with zero attached hydrogens (tertiary/aromatic N) is 4. The molecule has 0 unspecified atom stereocenters. The summed E-state index contributed by atoms with van der Waals surface area (Å²) in [5.41, 5.74) is 2.14. The number of carbonyl (C=O) groups excluding carboxylic acids is 1. The molecule has 1 aromatic heterocycles. The highest BCUT2D eigenvalue weighted by atomic mass is 16.1. The van der Waals surface area contributed by atoms with E-state index in [1.165, 1.54) is 25.3 Å². The number of benzene rings is 1. The van der Waals surface area contributed by atoms with Crippen LogP contribution in [0.2, 0.25) is 0 Å². The number of hydrogen-bond donors (Lipinski definition) is 1. The Hall–Kier alpha value is -2.47. The monoisotopic (exact) mass is 351 g/mol. The van der Waals surface area contributed by atoms with Crippen LogP contribution in [0, 0.1) is 5.92 Å². The molecule has 0 radical (unpaired) electrons. The fraction of sp³-hybridized carbons (Fsp3) is 0.450. The van der Waals surface area contributed by atoms with Gasteiger partial charge >= 0.3 is 0 Å². The van der Waals surface area contributed by atoms with Crippen molar-refractivity contribution in [2.75, 3.05) is 29.9 Å². The van der Waals surface area contributed by atoms with Crippen LogP contribution in [0.1, 0.15) is 25.3 Å². The standard InChI is InChI=1S/C20H25N5O/c1-15(26)23-18-6-3-16(4-7-18)11-24-12-17-5-8-19(24)14-25(13-17)20-21-9-2-10-22-20/h2-4,6-7,9-10,17,19H,5,8,11-14H2,1H3,(H,23,26)/t17-,19-/m0/s1. The van der Waals surface area contributed by atoms with Crippen LogP contribution in [-0.4, -0.2) is 46.5 Å². The van der Waals surface area contributed by atoms with Crippen molar-refractivity contribution in [1.29, 1.82) is 0 Å². The minimum atomic E-state index is -0.0363. The molecule has 136 valence electrons. The number of rotatable bonds is 4. The first kappa shape index (κ1) is 17.0. The second kappa shape index (κ2) is 7.41. The molecule has 6 heteroatoms. The van der Waals surface area contributed by atoms with Crippen LogP contribution in [0.3, 0.4) is 0 Å². The maximum Gasteiger partial charge on any atom is 0.225 e. The summed E-state index contributed by atoms with van der Waals surface area (Å²) in [6.07, 6.45) is 6.16. The van der Waals surface area contributed by atoms with Crippen LogP contribution in [0.4, 0.5) is 11.6 Å². The van der Waals surface area contributed by atoms with E-state index in [-0.39, 0.29) is 5.91 Å². The molecule has 0 spiro atoms. The van der Waals surface area contributed by atoms with E-state index in [1.54, 1.807) is 0 Å². The Labute approximate surface area is 154 Å². The predicted octanol–water partition coefficient (Wildman–Crippen LogP) is 2.54. The van der Waals surface area contributed by atoms with Crippen LogP contribution < -0.4 is 10.2 Å². The van der Waals surface area contributed by atoms with Crippen molar-refractivity contribution in [2.45, 2.75) is 32.4 Å². The third-order valence-corrected chi connectivity index (χ3v) is 5.32. The predicted molar refractivity (Wildman–Crippen MR) is 102 cm³/mol. The molecule has 3 aliphatic rings. The van der Waals surface area contributed by atoms with Crippen LogP contribution >= 0.6 is 0 Å². The van der Waals surface area contributed by atoms with Crippen LogP contribution in [0.15, 0.2) is 42.7 Å². The maximum absolute atomic E-state index is 11.2. The molecule has 5 rings (SSSR count). The van der Waals surface area contributed by atoms with Gasteiger partial charge in [-0.2, -0.15) is 0 Å². The van der Waals surface area contributed by atoms with E-state index in [1.807, 2.05) is 30.6 Å². The lowest BCUT2D eigenvalue weighted by atomic mass is 9.94. The van der Waals surface area contributed by atoms with Crippen molar-refractivity contribution in [3.63, 3.8) is 0 Å². The average molecular weight is 351 g/mol. The van der Waals surface area contributed by atoms with Gasteiger partial charge in [-0.1, -0.05) is 12.1 Å². The molecular weight excluding hydrogens is 326 g/mol. The SMILES string of the molecule is CC(=O)Nc1ccc(CN2C[C@@H]3CC[C@H]2CN(c2ncccn2)C3)cc1. The molecule has 1 amide bonds. The number of amides is 1. The van der Waals surface area contributed by atoms with Gasteiger partial charge in [0.2, 0.25) is 11.9 Å². The van der Waals surface area contributed by atoms with Gasteiger partial charge in [0.1, 0.15) is 0 Å². The third kappa shape index (κ3) is 3.85. The first-order valence-electron chi connectivity index (χ1n) is 9.30. The molecule has 1 aromatic carbocycles. The Bertz CT molecular complexity index is 749. The van der Waals surface area contributed by atoms with Gasteiger partial charge in [-0.15, -0.1) is 0 Å². The normalized spacial score (nSPS) is 22.9. The minimum absolute atomic E-state index is 0.0363. The molecule has 26 heavy (non-hydrogen) atoms. The number of nitrogens with one attached hydrogen (secondary N) is 1. The molecule has 1 N–H and O–H groups in total. The lowest BCUT2D eigenvalue weighted by molar-refractivity contribution is -0.114. The van der Waals surface area contributed by atoms with Crippen molar-refractivity contribution in [2.24, 2.45) is 5.92 Å². The number of fused-ring (bicyclic) bond motifs is 4. The Morgan fingerprint density at radius 2 is 1.88 bits per heavy atom. The second-order valence-electron chi connectivity index (χ2n) is 7.36. The fourth-order valence-electron chi connectivity index (χ4n) is 4.12. The zero-order valence-corrected chi connectivity index (χ0v) is 15.1. The van der Waals surface area contributed by atoms with Gasteiger partial charge in [0.15, 0.2) is 0 Å². The number of hydrogen-bond acceptors (Lipinski definition) is 5. The number of carbonyl (C=O) groups is 1. The molecule has 6 nitrogen and oxygen atoms in total. The summed E-state index contributed by atoms with van der Waals surface area (Å²) >= 11 is 0. The van der Waals surface area contributed by atoms with E-state index in [0.717, 1.165) is 37.8 Å². The van der Waals surface area contributed by atoms with E-state index < -0.39 is 0 Å². The molecule has 2 aromatic rings. The second-order valence-corrected chi connectivity index (χ2v) is 7.36. The molecule has 2 atom stereocenters. The Balaban J connectivity index is 1.44. The Morgan fingerprint density at radius 1 is 1.12 bits per heavy atom. The summed E-state index contributed by atoms with van der Waals surface area (Å²) in [5, 5.41) is 2.82. The van der Waals surface area contributed by atoms with Crippen LogP contribution in [0.25, 0.3) is 0 Å². The zero-order chi connectivity index (χ0) is 17.9. The smallest absolute Gasteiger partial charge is 0.225 e. The largest absolute Gasteiger partial charge is 0.339 e. The summed E-state index contributed by atoms with van der Waals surface area (Å²) in [5.74, 6) is 1.48. The summed E-state index contributed by atoms with van der Waals surface area (Å²) in [6, 6.07) is 10.6. The Kier molecular flexibility index (Phi) is 4.84. The van der Waals surface area contributed by atoms with Gasteiger partial charge in [-0.3, -0.25) is 9.69 Å².